The molecule has 6 heteroatoms. The third kappa shape index (κ3) is 2.90. The molecule has 1 aliphatic heterocycles. The molecule has 0 saturated heterocycles. The largest absolute Gasteiger partial charge is 0.444 e. The van der Waals surface area contributed by atoms with Gasteiger partial charge in [0.15, 0.2) is 0 Å². The molecule has 6 nitrogen and oxygen atoms in total. The van der Waals surface area contributed by atoms with Crippen LogP contribution >= 0.6 is 0 Å². The quantitative estimate of drug-likeness (QED) is 0.869. The van der Waals surface area contributed by atoms with Crippen molar-refractivity contribution in [2.75, 3.05) is 11.4 Å². The molecule has 2 amide bonds. The number of anilines is 1. The number of benzene rings is 1. The molecule has 0 aliphatic carbocycles. The van der Waals surface area contributed by atoms with Gasteiger partial charge in [0.25, 0.3) is 5.91 Å². The van der Waals surface area contributed by atoms with Gasteiger partial charge < -0.3 is 9.64 Å². The van der Waals surface area contributed by atoms with E-state index in [1.807, 2.05) is 6.07 Å². The highest BCUT2D eigenvalue weighted by Gasteiger charge is 2.53. The molecule has 1 aromatic carbocycles. The van der Waals surface area contributed by atoms with Crippen LogP contribution in [-0.4, -0.2) is 24.1 Å². The van der Waals surface area contributed by atoms with Crippen LogP contribution in [0.2, 0.25) is 0 Å². The Morgan fingerprint density at radius 3 is 2.70 bits per heavy atom. The van der Waals surface area contributed by atoms with Crippen LogP contribution in [0.4, 0.5) is 10.5 Å². The lowest BCUT2D eigenvalue weighted by molar-refractivity contribution is -0.122. The van der Waals surface area contributed by atoms with Crippen molar-refractivity contribution < 1.29 is 14.3 Å². The Bertz CT molecular complexity index is 700. The Morgan fingerprint density at radius 2 is 2.13 bits per heavy atom. The minimum atomic E-state index is -1.79. The number of carbonyl (C=O) groups is 2. The lowest BCUT2D eigenvalue weighted by atomic mass is 9.93. The zero-order chi connectivity index (χ0) is 17.3. The minimum absolute atomic E-state index is 0.245. The monoisotopic (exact) mass is 313 g/mol. The van der Waals surface area contributed by atoms with Crippen molar-refractivity contribution >= 4 is 17.7 Å². The number of hydrogen-bond acceptors (Lipinski definition) is 4. The van der Waals surface area contributed by atoms with Gasteiger partial charge in [0.2, 0.25) is 5.54 Å². The first-order valence-electron chi connectivity index (χ1n) is 7.20. The molecule has 0 aromatic heterocycles. The van der Waals surface area contributed by atoms with Crippen LogP contribution < -0.4 is 10.2 Å². The van der Waals surface area contributed by atoms with Gasteiger partial charge in [-0.15, -0.1) is 6.58 Å². The van der Waals surface area contributed by atoms with E-state index < -0.39 is 23.1 Å². The molecule has 2 rings (SSSR count). The normalized spacial score (nSPS) is 19.7. The van der Waals surface area contributed by atoms with E-state index >= 15 is 0 Å². The van der Waals surface area contributed by atoms with Crippen LogP contribution in [0.25, 0.3) is 0 Å². The van der Waals surface area contributed by atoms with Crippen molar-refractivity contribution in [3.63, 3.8) is 0 Å². The zero-order valence-corrected chi connectivity index (χ0v) is 13.4. The average Bonchev–Trinajstić information content (AvgIpc) is 2.69. The number of para-hydroxylation sites is 1. The summed E-state index contributed by atoms with van der Waals surface area (Å²) in [5, 5.41) is 12.1. The van der Waals surface area contributed by atoms with Gasteiger partial charge in [-0.1, -0.05) is 24.3 Å². The summed E-state index contributed by atoms with van der Waals surface area (Å²) in [6.45, 7) is 9.00. The number of fused-ring (bicyclic) bond motifs is 1. The number of nitriles is 1. The number of ether oxygens (including phenoxy) is 1. The second-order valence-corrected chi connectivity index (χ2v) is 6.21. The molecule has 23 heavy (non-hydrogen) atoms. The third-order valence-corrected chi connectivity index (χ3v) is 3.33. The molecule has 1 N–H and O–H groups in total. The van der Waals surface area contributed by atoms with Crippen LogP contribution in [0.15, 0.2) is 36.9 Å². The SMILES string of the molecule is C=CCN1C(=O)[C@@](C#N)(NC(=O)OC(C)(C)C)c2ccccc21. The maximum atomic E-state index is 12.8. The molecule has 1 aromatic rings. The fourth-order valence-corrected chi connectivity index (χ4v) is 2.48. The van der Waals surface area contributed by atoms with Crippen LogP contribution in [0.1, 0.15) is 26.3 Å². The van der Waals surface area contributed by atoms with E-state index in [-0.39, 0.29) is 6.54 Å². The smallest absolute Gasteiger partial charge is 0.409 e. The topological polar surface area (TPSA) is 82.4 Å². The number of amides is 2. The van der Waals surface area contributed by atoms with E-state index in [0.717, 1.165) is 0 Å². The molecule has 1 aliphatic rings. The first-order valence-corrected chi connectivity index (χ1v) is 7.20. The number of nitrogens with zero attached hydrogens (tertiary/aromatic N) is 2. The highest BCUT2D eigenvalue weighted by atomic mass is 16.6. The van der Waals surface area contributed by atoms with Gasteiger partial charge in [-0.3, -0.25) is 10.1 Å². The standard InChI is InChI=1S/C17H19N3O3/c1-5-10-20-13-9-7-6-8-12(13)17(11-18,14(20)21)19-15(22)23-16(2,3)4/h5-9H,1,10H2,2-4H3,(H,19,22)/t17-/m0/s1. The van der Waals surface area contributed by atoms with Crippen molar-refractivity contribution in [3.05, 3.63) is 42.5 Å². The third-order valence-electron chi connectivity index (χ3n) is 3.33. The Morgan fingerprint density at radius 1 is 1.48 bits per heavy atom. The van der Waals surface area contributed by atoms with E-state index in [1.54, 1.807) is 51.1 Å². The summed E-state index contributed by atoms with van der Waals surface area (Å²) in [7, 11) is 0. The highest BCUT2D eigenvalue weighted by Crippen LogP contribution is 2.40. The Balaban J connectivity index is 2.45. The van der Waals surface area contributed by atoms with Crippen LogP contribution in [0, 0.1) is 11.3 Å². The fourth-order valence-electron chi connectivity index (χ4n) is 2.48. The molecule has 0 saturated carbocycles. The molecule has 120 valence electrons. The lowest BCUT2D eigenvalue weighted by Crippen LogP contribution is -2.53. The lowest BCUT2D eigenvalue weighted by Gasteiger charge is -2.25. The summed E-state index contributed by atoms with van der Waals surface area (Å²) in [4.78, 5) is 26.3. The molecule has 1 heterocycles. The Hall–Kier alpha value is -2.81. The summed E-state index contributed by atoms with van der Waals surface area (Å²) in [5.74, 6) is -0.521. The summed E-state index contributed by atoms with van der Waals surface area (Å²) in [6, 6.07) is 8.81. The summed E-state index contributed by atoms with van der Waals surface area (Å²) in [6.07, 6.45) is 0.748. The maximum Gasteiger partial charge on any atom is 0.409 e. The molecular formula is C17H19N3O3. The van der Waals surface area contributed by atoms with Crippen LogP contribution in [0.3, 0.4) is 0 Å². The van der Waals surface area contributed by atoms with Crippen molar-refractivity contribution in [2.24, 2.45) is 0 Å². The molecule has 0 unspecified atom stereocenters. The van der Waals surface area contributed by atoms with Gasteiger partial charge in [0.05, 0.1) is 5.69 Å². The van der Waals surface area contributed by atoms with Gasteiger partial charge >= 0.3 is 6.09 Å². The summed E-state index contributed by atoms with van der Waals surface area (Å²) in [5.41, 5.74) is -1.51. The molecule has 0 fully saturated rings. The fraction of sp³-hybridized carbons (Fsp3) is 0.353. The predicted molar refractivity (Wildman–Crippen MR) is 85.7 cm³/mol. The van der Waals surface area contributed by atoms with E-state index in [2.05, 4.69) is 11.9 Å². The molecule has 1 atom stereocenters. The molecule has 0 bridgehead atoms. The van der Waals surface area contributed by atoms with Gasteiger partial charge in [-0.25, -0.2) is 4.79 Å². The number of hydrogen-bond donors (Lipinski definition) is 1. The van der Waals surface area contributed by atoms with Crippen molar-refractivity contribution in [3.8, 4) is 6.07 Å². The van der Waals surface area contributed by atoms with Gasteiger partial charge in [-0.2, -0.15) is 5.26 Å². The number of nitrogens with one attached hydrogen (secondary N) is 1. The number of alkyl carbamates (subject to hydrolysis) is 1. The highest BCUT2D eigenvalue weighted by molar-refractivity contribution is 6.11. The molecule has 0 spiro atoms. The van der Waals surface area contributed by atoms with Gasteiger partial charge in [0, 0.05) is 12.1 Å². The predicted octanol–water partition coefficient (Wildman–Crippen LogP) is 2.46. The maximum absolute atomic E-state index is 12.8. The Kier molecular flexibility index (Phi) is 4.15. The summed E-state index contributed by atoms with van der Waals surface area (Å²) >= 11 is 0. The van der Waals surface area contributed by atoms with Gasteiger partial charge in [-0.05, 0) is 26.8 Å². The molecule has 0 radical (unpaired) electrons. The Labute approximate surface area is 135 Å². The first-order chi connectivity index (χ1) is 10.7. The zero-order valence-electron chi connectivity index (χ0n) is 13.4. The van der Waals surface area contributed by atoms with E-state index in [0.29, 0.717) is 11.3 Å². The summed E-state index contributed by atoms with van der Waals surface area (Å²) < 4.78 is 5.19. The number of carbonyl (C=O) groups excluding carboxylic acids is 2. The van der Waals surface area contributed by atoms with E-state index in [1.165, 1.54) is 4.90 Å². The first kappa shape index (κ1) is 16.6. The van der Waals surface area contributed by atoms with E-state index in [9.17, 15) is 14.9 Å². The van der Waals surface area contributed by atoms with Crippen LogP contribution in [0.5, 0.6) is 0 Å². The van der Waals surface area contributed by atoms with Crippen molar-refractivity contribution in [1.82, 2.24) is 5.32 Å². The second kappa shape index (κ2) is 5.76. The minimum Gasteiger partial charge on any atom is -0.444 e. The van der Waals surface area contributed by atoms with Gasteiger partial charge in [0.1, 0.15) is 11.7 Å². The van der Waals surface area contributed by atoms with Crippen LogP contribution in [-0.2, 0) is 15.1 Å². The van der Waals surface area contributed by atoms with E-state index in [4.69, 9.17) is 4.74 Å². The second-order valence-electron chi connectivity index (χ2n) is 6.21. The van der Waals surface area contributed by atoms with Crippen molar-refractivity contribution in [2.45, 2.75) is 31.9 Å². The number of rotatable bonds is 3. The average molecular weight is 313 g/mol. The molecular weight excluding hydrogens is 294 g/mol. The van der Waals surface area contributed by atoms with Crippen molar-refractivity contribution in [1.29, 1.82) is 5.26 Å².